The van der Waals surface area contributed by atoms with Crippen molar-refractivity contribution >= 4 is 22.5 Å². The molecule has 0 radical (unpaired) electrons. The average Bonchev–Trinajstić information content (AvgIpc) is 3.56. The molecule has 0 saturated carbocycles. The molecular formula is C24H28FN9. The van der Waals surface area contributed by atoms with Gasteiger partial charge in [0.2, 0.25) is 0 Å². The SMILES string of the molecule is CCC(C)n1ncc2nc(-c3cnn(CCF)c3)nc(N[C@H](C)c3cn4ccc(C)cc4n3)c21. The lowest BCUT2D eigenvalue weighted by Crippen LogP contribution is -2.13. The van der Waals surface area contributed by atoms with Crippen LogP contribution in [0, 0.1) is 6.92 Å². The number of hydrogen-bond acceptors (Lipinski definition) is 6. The van der Waals surface area contributed by atoms with E-state index in [0.29, 0.717) is 11.6 Å². The van der Waals surface area contributed by atoms with E-state index in [1.807, 2.05) is 21.5 Å². The molecule has 10 heteroatoms. The van der Waals surface area contributed by atoms with Crippen molar-refractivity contribution in [2.45, 2.75) is 52.7 Å². The van der Waals surface area contributed by atoms with Gasteiger partial charge in [-0.3, -0.25) is 9.36 Å². The van der Waals surface area contributed by atoms with Crippen LogP contribution in [0.25, 0.3) is 28.1 Å². The van der Waals surface area contributed by atoms with Gasteiger partial charge < -0.3 is 9.72 Å². The third-order valence-electron chi connectivity index (χ3n) is 6.09. The Balaban J connectivity index is 1.57. The number of pyridine rings is 1. The molecule has 1 N–H and O–H groups in total. The molecule has 1 unspecified atom stereocenters. The maximum Gasteiger partial charge on any atom is 0.165 e. The summed E-state index contributed by atoms with van der Waals surface area (Å²) in [6, 6.07) is 4.20. The van der Waals surface area contributed by atoms with Crippen molar-refractivity contribution in [1.29, 1.82) is 0 Å². The molecule has 34 heavy (non-hydrogen) atoms. The predicted octanol–water partition coefficient (Wildman–Crippen LogP) is 4.76. The first-order chi connectivity index (χ1) is 16.5. The van der Waals surface area contributed by atoms with Crippen molar-refractivity contribution in [3.05, 3.63) is 54.4 Å². The quantitative estimate of drug-likeness (QED) is 0.358. The van der Waals surface area contributed by atoms with E-state index in [-0.39, 0.29) is 18.6 Å². The Morgan fingerprint density at radius 3 is 2.74 bits per heavy atom. The number of anilines is 1. The summed E-state index contributed by atoms with van der Waals surface area (Å²) in [6.45, 7) is 8.09. The third kappa shape index (κ3) is 4.00. The first kappa shape index (κ1) is 22.0. The van der Waals surface area contributed by atoms with Gasteiger partial charge in [-0.2, -0.15) is 10.2 Å². The summed E-state index contributed by atoms with van der Waals surface area (Å²) in [6.07, 6.45) is 10.2. The fourth-order valence-electron chi connectivity index (χ4n) is 3.98. The zero-order valence-electron chi connectivity index (χ0n) is 19.8. The fourth-order valence-corrected chi connectivity index (χ4v) is 3.98. The minimum atomic E-state index is -0.481. The molecule has 0 aliphatic carbocycles. The molecule has 5 aromatic heterocycles. The summed E-state index contributed by atoms with van der Waals surface area (Å²) in [5.41, 5.74) is 5.29. The molecule has 5 rings (SSSR count). The molecule has 9 nitrogen and oxygen atoms in total. The Labute approximate surface area is 196 Å². The smallest absolute Gasteiger partial charge is 0.165 e. The number of hydrogen-bond donors (Lipinski definition) is 1. The van der Waals surface area contributed by atoms with Gasteiger partial charge in [0, 0.05) is 24.6 Å². The summed E-state index contributed by atoms with van der Waals surface area (Å²) in [5, 5.41) is 12.4. The van der Waals surface area contributed by atoms with Gasteiger partial charge in [0.15, 0.2) is 11.6 Å². The Morgan fingerprint density at radius 1 is 1.09 bits per heavy atom. The van der Waals surface area contributed by atoms with Crippen molar-refractivity contribution in [2.24, 2.45) is 0 Å². The second kappa shape index (κ2) is 8.85. The largest absolute Gasteiger partial charge is 0.360 e. The number of aromatic nitrogens is 8. The molecule has 0 spiro atoms. The molecule has 0 aliphatic heterocycles. The summed E-state index contributed by atoms with van der Waals surface area (Å²) < 4.78 is 18.3. The predicted molar refractivity (Wildman–Crippen MR) is 129 cm³/mol. The Morgan fingerprint density at radius 2 is 1.94 bits per heavy atom. The van der Waals surface area contributed by atoms with Gasteiger partial charge in [0.1, 0.15) is 23.4 Å². The van der Waals surface area contributed by atoms with E-state index >= 15 is 0 Å². The molecule has 176 valence electrons. The van der Waals surface area contributed by atoms with Crippen LogP contribution in [0.1, 0.15) is 50.5 Å². The second-order valence-electron chi connectivity index (χ2n) is 8.66. The number of imidazole rings is 1. The lowest BCUT2D eigenvalue weighted by molar-refractivity contribution is 0.427. The molecule has 5 heterocycles. The maximum absolute atomic E-state index is 12.8. The molecular weight excluding hydrogens is 433 g/mol. The summed E-state index contributed by atoms with van der Waals surface area (Å²) in [4.78, 5) is 14.4. The van der Waals surface area contributed by atoms with Gasteiger partial charge in [-0.1, -0.05) is 6.92 Å². The van der Waals surface area contributed by atoms with Crippen LogP contribution in [-0.2, 0) is 6.54 Å². The van der Waals surface area contributed by atoms with Gasteiger partial charge >= 0.3 is 0 Å². The van der Waals surface area contributed by atoms with Gasteiger partial charge in [-0.15, -0.1) is 0 Å². The Kier molecular flexibility index (Phi) is 5.72. The molecule has 0 aliphatic rings. The van der Waals surface area contributed by atoms with Crippen LogP contribution in [0.2, 0.25) is 0 Å². The van der Waals surface area contributed by atoms with E-state index in [4.69, 9.17) is 15.0 Å². The van der Waals surface area contributed by atoms with Crippen LogP contribution in [0.15, 0.2) is 43.1 Å². The van der Waals surface area contributed by atoms with Gasteiger partial charge in [-0.05, 0) is 44.9 Å². The standard InChI is InChI=1S/C24H28FN9/c1-5-16(3)34-22-19(12-27-34)30-23(18-11-26-33(13-18)9-7-25)31-24(22)28-17(4)20-14-32-8-6-15(2)10-21(32)29-20/h6,8,10-14,16-17H,5,7,9H2,1-4H3,(H,28,30,31)/t16?,17-/m1/s1. The zero-order valence-corrected chi connectivity index (χ0v) is 19.8. The lowest BCUT2D eigenvalue weighted by atomic mass is 10.2. The highest BCUT2D eigenvalue weighted by molar-refractivity contribution is 5.87. The van der Waals surface area contributed by atoms with Gasteiger partial charge in [0.25, 0.3) is 0 Å². The van der Waals surface area contributed by atoms with Crippen LogP contribution in [0.4, 0.5) is 10.2 Å². The summed E-state index contributed by atoms with van der Waals surface area (Å²) >= 11 is 0. The highest BCUT2D eigenvalue weighted by Crippen LogP contribution is 2.30. The number of halogens is 1. The number of nitrogens with zero attached hydrogens (tertiary/aromatic N) is 8. The van der Waals surface area contributed by atoms with E-state index in [1.54, 1.807) is 23.3 Å². The van der Waals surface area contributed by atoms with Crippen LogP contribution >= 0.6 is 0 Å². The number of nitrogens with one attached hydrogen (secondary N) is 1. The minimum Gasteiger partial charge on any atom is -0.360 e. The van der Waals surface area contributed by atoms with E-state index in [1.165, 1.54) is 0 Å². The van der Waals surface area contributed by atoms with E-state index in [0.717, 1.165) is 39.9 Å². The Hall–Kier alpha value is -3.82. The van der Waals surface area contributed by atoms with Crippen LogP contribution in [-0.4, -0.2) is 45.6 Å². The lowest BCUT2D eigenvalue weighted by Gasteiger charge is -2.17. The first-order valence-corrected chi connectivity index (χ1v) is 11.5. The second-order valence-corrected chi connectivity index (χ2v) is 8.66. The normalized spacial score (nSPS) is 13.6. The van der Waals surface area contributed by atoms with Crippen LogP contribution in [0.5, 0.6) is 0 Å². The van der Waals surface area contributed by atoms with E-state index < -0.39 is 6.67 Å². The van der Waals surface area contributed by atoms with E-state index in [2.05, 4.69) is 55.3 Å². The topological polar surface area (TPSA) is 90.8 Å². The van der Waals surface area contributed by atoms with Crippen LogP contribution < -0.4 is 5.32 Å². The van der Waals surface area contributed by atoms with Crippen molar-refractivity contribution < 1.29 is 4.39 Å². The van der Waals surface area contributed by atoms with E-state index in [9.17, 15) is 4.39 Å². The highest BCUT2D eigenvalue weighted by atomic mass is 19.1. The molecule has 0 bridgehead atoms. The highest BCUT2D eigenvalue weighted by Gasteiger charge is 2.20. The average molecular weight is 462 g/mol. The Bertz CT molecular complexity index is 1450. The maximum atomic E-state index is 12.8. The van der Waals surface area contributed by atoms with Crippen molar-refractivity contribution in [1.82, 2.24) is 38.9 Å². The summed E-state index contributed by atoms with van der Waals surface area (Å²) in [7, 11) is 0. The van der Waals surface area contributed by atoms with Crippen molar-refractivity contribution in [3.8, 4) is 11.4 Å². The monoisotopic (exact) mass is 461 g/mol. The molecule has 5 aromatic rings. The van der Waals surface area contributed by atoms with Gasteiger partial charge in [0.05, 0.1) is 36.2 Å². The van der Waals surface area contributed by atoms with Gasteiger partial charge in [-0.25, -0.2) is 19.3 Å². The fraction of sp³-hybridized carbons (Fsp3) is 0.375. The number of fused-ring (bicyclic) bond motifs is 2. The summed E-state index contributed by atoms with van der Waals surface area (Å²) in [5.74, 6) is 1.19. The van der Waals surface area contributed by atoms with Crippen molar-refractivity contribution in [2.75, 3.05) is 12.0 Å². The molecule has 0 saturated heterocycles. The molecule has 2 atom stereocenters. The number of aryl methyl sites for hydroxylation is 2. The van der Waals surface area contributed by atoms with Crippen LogP contribution in [0.3, 0.4) is 0 Å². The minimum absolute atomic E-state index is 0.110. The molecule has 0 aromatic carbocycles. The molecule has 0 fully saturated rings. The number of alkyl halides is 1. The molecule has 0 amide bonds. The van der Waals surface area contributed by atoms with Crippen molar-refractivity contribution in [3.63, 3.8) is 0 Å². The first-order valence-electron chi connectivity index (χ1n) is 11.5. The third-order valence-corrected chi connectivity index (χ3v) is 6.09. The zero-order chi connectivity index (χ0) is 23.8. The number of rotatable bonds is 8.